The van der Waals surface area contributed by atoms with Gasteiger partial charge in [-0.05, 0) is 41.3 Å². The minimum atomic E-state index is 1.00. The molecule has 2 aromatic rings. The number of rotatable bonds is 1. The smallest absolute Gasteiger partial charge is 0.0319 e. The third-order valence-electron chi connectivity index (χ3n) is 3.17. The van der Waals surface area contributed by atoms with Crippen LogP contribution in [0.1, 0.15) is 18.9 Å². The van der Waals surface area contributed by atoms with Crippen LogP contribution in [-0.4, -0.2) is 12.2 Å². The van der Waals surface area contributed by atoms with Gasteiger partial charge in [0.1, 0.15) is 0 Å². The van der Waals surface area contributed by atoms with Crippen LogP contribution in [0.5, 0.6) is 0 Å². The van der Waals surface area contributed by atoms with Gasteiger partial charge in [-0.2, -0.15) is 0 Å². The second kappa shape index (κ2) is 5.65. The molecule has 0 amide bonds. The van der Waals surface area contributed by atoms with Crippen molar-refractivity contribution in [3.05, 3.63) is 65.8 Å². The van der Waals surface area contributed by atoms with Crippen LogP contribution in [0.2, 0.25) is 0 Å². The molecule has 2 aromatic carbocycles. The number of benzene rings is 2. The first-order valence-electron chi connectivity index (χ1n) is 6.14. The van der Waals surface area contributed by atoms with Crippen LogP contribution in [-0.2, 0) is 0 Å². The van der Waals surface area contributed by atoms with E-state index >= 15 is 0 Å². The molecule has 1 nitrogen and oxygen atoms in total. The standard InChI is InChI=1S/C16H14.CH4O/c1-12-6-7-15(10-12)16-9-8-13-4-2-3-5-14(13)11-16;1-2/h2-6,8-11H,7H2,1H3;2H,1H3. The van der Waals surface area contributed by atoms with Gasteiger partial charge in [0.05, 0.1) is 0 Å². The molecule has 1 N–H and O–H groups in total. The van der Waals surface area contributed by atoms with E-state index in [-0.39, 0.29) is 0 Å². The van der Waals surface area contributed by atoms with Gasteiger partial charge in [0.15, 0.2) is 0 Å². The molecule has 0 heterocycles. The molecule has 92 valence electrons. The lowest BCUT2D eigenvalue weighted by molar-refractivity contribution is 0.399. The van der Waals surface area contributed by atoms with Crippen LogP contribution >= 0.6 is 0 Å². The van der Waals surface area contributed by atoms with Gasteiger partial charge < -0.3 is 5.11 Å². The zero-order chi connectivity index (χ0) is 13.0. The Bertz CT molecular complexity index is 606. The maximum Gasteiger partial charge on any atom is 0.0319 e. The Morgan fingerprint density at radius 2 is 1.67 bits per heavy atom. The zero-order valence-corrected chi connectivity index (χ0v) is 10.9. The number of hydrogen-bond donors (Lipinski definition) is 1. The number of aliphatic hydroxyl groups excluding tert-OH is 1. The molecule has 3 rings (SSSR count). The highest BCUT2D eigenvalue weighted by Gasteiger charge is 2.06. The van der Waals surface area contributed by atoms with Crippen molar-refractivity contribution in [1.29, 1.82) is 0 Å². The lowest BCUT2D eigenvalue weighted by atomic mass is 10.0. The summed E-state index contributed by atoms with van der Waals surface area (Å²) < 4.78 is 0. The summed E-state index contributed by atoms with van der Waals surface area (Å²) in [4.78, 5) is 0. The first kappa shape index (κ1) is 12.6. The molecule has 0 unspecified atom stereocenters. The lowest BCUT2D eigenvalue weighted by Crippen LogP contribution is -1.81. The van der Waals surface area contributed by atoms with Gasteiger partial charge in [-0.1, -0.05) is 54.1 Å². The molecule has 0 saturated carbocycles. The summed E-state index contributed by atoms with van der Waals surface area (Å²) in [6.07, 6.45) is 5.64. The first-order valence-corrected chi connectivity index (χ1v) is 6.14. The molecule has 0 fully saturated rings. The number of fused-ring (bicyclic) bond motifs is 1. The molecule has 0 atom stereocenters. The molecule has 18 heavy (non-hydrogen) atoms. The van der Waals surface area contributed by atoms with Crippen LogP contribution in [0.15, 0.2) is 60.2 Å². The molecular formula is C17H18O. The highest BCUT2D eigenvalue weighted by molar-refractivity contribution is 5.87. The van der Waals surface area contributed by atoms with Crippen LogP contribution in [0.4, 0.5) is 0 Å². The van der Waals surface area contributed by atoms with E-state index in [0.29, 0.717) is 0 Å². The summed E-state index contributed by atoms with van der Waals surface area (Å²) >= 11 is 0. The molecule has 0 aliphatic heterocycles. The van der Waals surface area contributed by atoms with Crippen molar-refractivity contribution in [2.75, 3.05) is 7.11 Å². The fourth-order valence-corrected chi connectivity index (χ4v) is 2.25. The van der Waals surface area contributed by atoms with E-state index in [1.165, 1.54) is 27.5 Å². The topological polar surface area (TPSA) is 20.2 Å². The van der Waals surface area contributed by atoms with E-state index in [1.807, 2.05) is 0 Å². The summed E-state index contributed by atoms with van der Waals surface area (Å²) in [6.45, 7) is 2.16. The fourth-order valence-electron chi connectivity index (χ4n) is 2.25. The van der Waals surface area contributed by atoms with Gasteiger partial charge >= 0.3 is 0 Å². The van der Waals surface area contributed by atoms with Crippen molar-refractivity contribution in [3.63, 3.8) is 0 Å². The predicted molar refractivity (Wildman–Crippen MR) is 78.4 cm³/mol. The van der Waals surface area contributed by atoms with Crippen LogP contribution in [0.25, 0.3) is 16.3 Å². The van der Waals surface area contributed by atoms with Gasteiger partial charge in [-0.25, -0.2) is 0 Å². The minimum absolute atomic E-state index is 1.00. The molecule has 1 heteroatoms. The van der Waals surface area contributed by atoms with Crippen molar-refractivity contribution >= 4 is 16.3 Å². The van der Waals surface area contributed by atoms with E-state index in [9.17, 15) is 0 Å². The lowest BCUT2D eigenvalue weighted by Gasteiger charge is -2.04. The van der Waals surface area contributed by atoms with Crippen molar-refractivity contribution in [2.24, 2.45) is 0 Å². The Kier molecular flexibility index (Phi) is 3.96. The van der Waals surface area contributed by atoms with Crippen molar-refractivity contribution in [1.82, 2.24) is 0 Å². The van der Waals surface area contributed by atoms with Crippen molar-refractivity contribution in [3.8, 4) is 0 Å². The average Bonchev–Trinajstić information content (AvgIpc) is 2.87. The van der Waals surface area contributed by atoms with Gasteiger partial charge in [0.2, 0.25) is 0 Å². The number of aliphatic hydroxyl groups is 1. The van der Waals surface area contributed by atoms with Gasteiger partial charge in [0, 0.05) is 7.11 Å². The van der Waals surface area contributed by atoms with Gasteiger partial charge in [-0.3, -0.25) is 0 Å². The van der Waals surface area contributed by atoms with Crippen molar-refractivity contribution in [2.45, 2.75) is 13.3 Å². The summed E-state index contributed by atoms with van der Waals surface area (Å²) in [5.74, 6) is 0. The average molecular weight is 238 g/mol. The molecular weight excluding hydrogens is 220 g/mol. The Labute approximate surface area is 108 Å². The molecule has 0 radical (unpaired) electrons. The third kappa shape index (κ3) is 2.52. The Morgan fingerprint density at radius 3 is 2.33 bits per heavy atom. The number of hydrogen-bond acceptors (Lipinski definition) is 1. The van der Waals surface area contributed by atoms with E-state index in [0.717, 1.165) is 13.5 Å². The molecule has 0 aromatic heterocycles. The van der Waals surface area contributed by atoms with E-state index in [4.69, 9.17) is 5.11 Å². The Morgan fingerprint density at radius 1 is 0.944 bits per heavy atom. The largest absolute Gasteiger partial charge is 0.400 e. The maximum absolute atomic E-state index is 7.00. The normalized spacial score (nSPS) is 13.7. The predicted octanol–water partition coefficient (Wildman–Crippen LogP) is 4.18. The van der Waals surface area contributed by atoms with Crippen molar-refractivity contribution < 1.29 is 5.11 Å². The molecule has 1 aliphatic carbocycles. The van der Waals surface area contributed by atoms with Crippen LogP contribution < -0.4 is 0 Å². The molecule has 0 bridgehead atoms. The Hall–Kier alpha value is -1.86. The minimum Gasteiger partial charge on any atom is -0.400 e. The van der Waals surface area contributed by atoms with Crippen LogP contribution in [0.3, 0.4) is 0 Å². The summed E-state index contributed by atoms with van der Waals surface area (Å²) in [7, 11) is 1.00. The van der Waals surface area contributed by atoms with E-state index < -0.39 is 0 Å². The monoisotopic (exact) mass is 238 g/mol. The van der Waals surface area contributed by atoms with Crippen LogP contribution in [0, 0.1) is 0 Å². The quantitative estimate of drug-likeness (QED) is 0.790. The number of allylic oxidation sites excluding steroid dienone is 4. The second-order valence-corrected chi connectivity index (χ2v) is 4.38. The third-order valence-corrected chi connectivity index (χ3v) is 3.17. The summed E-state index contributed by atoms with van der Waals surface area (Å²) in [5, 5.41) is 9.64. The molecule has 1 aliphatic rings. The van der Waals surface area contributed by atoms with Gasteiger partial charge in [0.25, 0.3) is 0 Å². The fraction of sp³-hybridized carbons (Fsp3) is 0.176. The Balaban J connectivity index is 0.000000574. The SMILES string of the molecule is CC1=CCC(c2ccc3ccccc3c2)=C1.CO. The second-order valence-electron chi connectivity index (χ2n) is 4.38. The first-order chi connectivity index (χ1) is 8.83. The maximum atomic E-state index is 7.00. The highest BCUT2D eigenvalue weighted by atomic mass is 16.2. The van der Waals surface area contributed by atoms with E-state index in [1.54, 1.807) is 0 Å². The molecule has 0 spiro atoms. The highest BCUT2D eigenvalue weighted by Crippen LogP contribution is 2.28. The summed E-state index contributed by atoms with van der Waals surface area (Å²) in [6, 6.07) is 15.2. The summed E-state index contributed by atoms with van der Waals surface area (Å²) in [5.41, 5.74) is 4.17. The zero-order valence-electron chi connectivity index (χ0n) is 10.9. The molecule has 0 saturated heterocycles. The van der Waals surface area contributed by atoms with E-state index in [2.05, 4.69) is 61.5 Å². The van der Waals surface area contributed by atoms with Gasteiger partial charge in [-0.15, -0.1) is 0 Å².